The lowest BCUT2D eigenvalue weighted by atomic mass is 10.0. The molecule has 0 rings (SSSR count). The van der Waals surface area contributed by atoms with E-state index in [2.05, 4.69) is 0 Å². The van der Waals surface area contributed by atoms with E-state index in [4.69, 9.17) is 28.4 Å². The zero-order valence-electron chi connectivity index (χ0n) is 13.1. The van der Waals surface area contributed by atoms with Gasteiger partial charge in [-0.25, -0.2) is 0 Å². The van der Waals surface area contributed by atoms with Gasteiger partial charge in [0.25, 0.3) is 0 Å². The van der Waals surface area contributed by atoms with Gasteiger partial charge in [-0.3, -0.25) is 4.79 Å². The average molecular weight is 294 g/mol. The van der Waals surface area contributed by atoms with Gasteiger partial charge < -0.3 is 28.4 Å². The van der Waals surface area contributed by atoms with E-state index in [1.54, 1.807) is 21.3 Å². The molecule has 0 aliphatic heterocycles. The molecule has 0 bridgehead atoms. The molecule has 20 heavy (non-hydrogen) atoms. The van der Waals surface area contributed by atoms with E-state index in [-0.39, 0.29) is 18.7 Å². The lowest BCUT2D eigenvalue weighted by Crippen LogP contribution is -2.51. The summed E-state index contributed by atoms with van der Waals surface area (Å²) in [6.07, 6.45) is -1.69. The summed E-state index contributed by atoms with van der Waals surface area (Å²) in [5, 5.41) is 0. The molecule has 0 aromatic heterocycles. The Morgan fingerprint density at radius 1 is 0.800 bits per heavy atom. The van der Waals surface area contributed by atoms with Crippen molar-refractivity contribution in [2.24, 2.45) is 0 Å². The third-order valence-electron chi connectivity index (χ3n) is 2.99. The van der Waals surface area contributed by atoms with Gasteiger partial charge in [0.2, 0.25) is 0 Å². The molecule has 0 unspecified atom stereocenters. The van der Waals surface area contributed by atoms with Crippen LogP contribution in [0.15, 0.2) is 0 Å². The predicted octanol–water partition coefficient (Wildman–Crippen LogP) is 0.256. The molecule has 7 nitrogen and oxygen atoms in total. The van der Waals surface area contributed by atoms with Gasteiger partial charge in [0, 0.05) is 42.5 Å². The highest BCUT2D eigenvalue weighted by Crippen LogP contribution is 2.17. The van der Waals surface area contributed by atoms with Crippen molar-refractivity contribution in [2.45, 2.75) is 31.3 Å². The van der Waals surface area contributed by atoms with E-state index in [9.17, 15) is 4.79 Å². The first-order valence-corrected chi connectivity index (χ1v) is 6.29. The first-order valence-electron chi connectivity index (χ1n) is 6.29. The third-order valence-corrected chi connectivity index (χ3v) is 2.99. The largest absolute Gasteiger partial charge is 0.463 e. The monoisotopic (exact) mass is 294 g/mol. The Morgan fingerprint density at radius 2 is 1.25 bits per heavy atom. The highest BCUT2D eigenvalue weighted by molar-refractivity contribution is 5.65. The summed E-state index contributed by atoms with van der Waals surface area (Å²) in [5.41, 5.74) is 0. The van der Waals surface area contributed by atoms with Gasteiger partial charge in [0.1, 0.15) is 31.0 Å². The third kappa shape index (κ3) is 6.15. The molecule has 0 radical (unpaired) electrons. The van der Waals surface area contributed by atoms with Crippen LogP contribution in [-0.4, -0.2) is 79.1 Å². The molecule has 0 aliphatic rings. The molecule has 0 N–H and O–H groups in total. The molecule has 120 valence electrons. The van der Waals surface area contributed by atoms with Gasteiger partial charge in [0.15, 0.2) is 0 Å². The van der Waals surface area contributed by atoms with Gasteiger partial charge >= 0.3 is 5.97 Å². The number of esters is 1. The van der Waals surface area contributed by atoms with Crippen LogP contribution < -0.4 is 0 Å². The van der Waals surface area contributed by atoms with E-state index in [1.165, 1.54) is 21.1 Å². The quantitative estimate of drug-likeness (QED) is 0.506. The minimum Gasteiger partial charge on any atom is -0.463 e. The topological polar surface area (TPSA) is 72.5 Å². The first-order chi connectivity index (χ1) is 9.55. The van der Waals surface area contributed by atoms with Gasteiger partial charge in [-0.1, -0.05) is 0 Å². The Labute approximate surface area is 120 Å². The maximum absolute atomic E-state index is 10.9. The lowest BCUT2D eigenvalue weighted by Gasteiger charge is -2.34. The summed E-state index contributed by atoms with van der Waals surface area (Å²) in [4.78, 5) is 10.9. The molecular weight excluding hydrogens is 268 g/mol. The van der Waals surface area contributed by atoms with Crippen LogP contribution in [0, 0.1) is 0 Å². The van der Waals surface area contributed by atoms with Crippen LogP contribution in [0.25, 0.3) is 0 Å². The summed E-state index contributed by atoms with van der Waals surface area (Å²) in [6.45, 7) is 1.76. The summed E-state index contributed by atoms with van der Waals surface area (Å²) >= 11 is 0. The number of rotatable bonds is 11. The van der Waals surface area contributed by atoms with E-state index >= 15 is 0 Å². The predicted molar refractivity (Wildman–Crippen MR) is 71.7 cm³/mol. The lowest BCUT2D eigenvalue weighted by molar-refractivity contribution is -0.173. The van der Waals surface area contributed by atoms with Crippen LogP contribution in [-0.2, 0) is 33.2 Å². The van der Waals surface area contributed by atoms with Crippen LogP contribution in [0.2, 0.25) is 0 Å². The summed E-state index contributed by atoms with van der Waals surface area (Å²) < 4.78 is 31.6. The standard InChI is InChI=1S/C13H26O7/c1-9(14)20-8-11(17-4)13(19-6)12(18-5)10(16-3)7-15-2/h10-13H,7-8H2,1-6H3/t10-,11-,12-,13-/m1/s1. The fourth-order valence-electron chi connectivity index (χ4n) is 1.95. The van der Waals surface area contributed by atoms with Gasteiger partial charge in [0.05, 0.1) is 6.61 Å². The van der Waals surface area contributed by atoms with Crippen LogP contribution in [0.1, 0.15) is 6.92 Å². The second-order valence-corrected chi connectivity index (χ2v) is 4.21. The van der Waals surface area contributed by atoms with Crippen molar-refractivity contribution in [3.8, 4) is 0 Å². The van der Waals surface area contributed by atoms with Crippen molar-refractivity contribution in [3.63, 3.8) is 0 Å². The minimum atomic E-state index is -0.469. The van der Waals surface area contributed by atoms with Crippen molar-refractivity contribution in [1.82, 2.24) is 0 Å². The molecule has 7 heteroatoms. The maximum Gasteiger partial charge on any atom is 0.302 e. The zero-order chi connectivity index (χ0) is 15.5. The van der Waals surface area contributed by atoms with Crippen molar-refractivity contribution in [3.05, 3.63) is 0 Å². The molecule has 0 saturated carbocycles. The minimum absolute atomic E-state index is 0.0770. The second kappa shape index (κ2) is 11.0. The number of ether oxygens (including phenoxy) is 6. The maximum atomic E-state index is 10.9. The van der Waals surface area contributed by atoms with Gasteiger partial charge in [-0.2, -0.15) is 0 Å². The average Bonchev–Trinajstić information content (AvgIpc) is 2.44. The highest BCUT2D eigenvalue weighted by atomic mass is 16.6. The van der Waals surface area contributed by atoms with Crippen LogP contribution in [0.4, 0.5) is 0 Å². The fraction of sp³-hybridized carbons (Fsp3) is 0.923. The number of hydrogen-bond donors (Lipinski definition) is 0. The Bertz CT molecular complexity index is 259. The summed E-state index contributed by atoms with van der Waals surface area (Å²) in [6, 6.07) is 0. The molecule has 0 amide bonds. The molecule has 0 aliphatic carbocycles. The summed E-state index contributed by atoms with van der Waals surface area (Å²) in [7, 11) is 7.75. The molecule has 0 spiro atoms. The molecule has 0 aromatic rings. The van der Waals surface area contributed by atoms with Crippen molar-refractivity contribution in [2.75, 3.05) is 48.8 Å². The zero-order valence-corrected chi connectivity index (χ0v) is 13.1. The summed E-state index contributed by atoms with van der Waals surface area (Å²) in [5.74, 6) is -0.379. The second-order valence-electron chi connectivity index (χ2n) is 4.21. The normalized spacial score (nSPS) is 17.3. The number of carbonyl (C=O) groups excluding carboxylic acids is 1. The molecular formula is C13H26O7. The van der Waals surface area contributed by atoms with E-state index in [1.807, 2.05) is 0 Å². The van der Waals surface area contributed by atoms with Gasteiger partial charge in [-0.05, 0) is 0 Å². The SMILES string of the molecule is COC[C@@H](OC)[C@@H](OC)[C@H](OC)[C@@H](COC(C)=O)OC. The Balaban J connectivity index is 4.89. The molecule has 0 aromatic carbocycles. The Morgan fingerprint density at radius 3 is 1.55 bits per heavy atom. The van der Waals surface area contributed by atoms with Crippen LogP contribution in [0.5, 0.6) is 0 Å². The molecule has 0 heterocycles. The van der Waals surface area contributed by atoms with Crippen LogP contribution in [0.3, 0.4) is 0 Å². The number of hydrogen-bond acceptors (Lipinski definition) is 7. The van der Waals surface area contributed by atoms with Crippen LogP contribution >= 0.6 is 0 Å². The molecule has 4 atom stereocenters. The fourth-order valence-corrected chi connectivity index (χ4v) is 1.95. The van der Waals surface area contributed by atoms with Crippen molar-refractivity contribution >= 4 is 5.97 Å². The van der Waals surface area contributed by atoms with Crippen molar-refractivity contribution in [1.29, 1.82) is 0 Å². The Kier molecular flexibility index (Phi) is 10.6. The highest BCUT2D eigenvalue weighted by Gasteiger charge is 2.36. The van der Waals surface area contributed by atoms with E-state index in [0.717, 1.165) is 0 Å². The van der Waals surface area contributed by atoms with E-state index in [0.29, 0.717) is 6.61 Å². The van der Waals surface area contributed by atoms with Gasteiger partial charge in [-0.15, -0.1) is 0 Å². The van der Waals surface area contributed by atoms with Crippen molar-refractivity contribution < 1.29 is 33.2 Å². The molecule has 0 fully saturated rings. The first kappa shape index (κ1) is 19.3. The number of carbonyl (C=O) groups is 1. The van der Waals surface area contributed by atoms with E-state index < -0.39 is 18.3 Å². The smallest absolute Gasteiger partial charge is 0.302 e. The Hall–Kier alpha value is -0.730. The molecule has 0 saturated heterocycles. The number of methoxy groups -OCH3 is 5.